The number of carbonyl (C=O) groups excluding carboxylic acids is 1. The number of nitrogens with zero attached hydrogens (tertiary/aromatic N) is 1. The summed E-state index contributed by atoms with van der Waals surface area (Å²) >= 11 is 0. The van der Waals surface area contributed by atoms with E-state index in [4.69, 9.17) is 10.5 Å². The predicted octanol–water partition coefficient (Wildman–Crippen LogP) is 1.04. The lowest BCUT2D eigenvalue weighted by atomic mass is 10.1. The second kappa shape index (κ2) is 4.61. The van der Waals surface area contributed by atoms with Crippen molar-refractivity contribution in [1.29, 1.82) is 0 Å². The van der Waals surface area contributed by atoms with E-state index >= 15 is 0 Å². The number of rotatable bonds is 2. The second-order valence-corrected chi connectivity index (χ2v) is 5.06. The molecule has 96 valence electrons. The Hall–Kier alpha value is -1.55. The van der Waals surface area contributed by atoms with Gasteiger partial charge in [-0.15, -0.1) is 0 Å². The highest BCUT2D eigenvalue weighted by Crippen LogP contribution is 2.27. The van der Waals surface area contributed by atoms with Gasteiger partial charge >= 0.3 is 0 Å². The second-order valence-electron chi connectivity index (χ2n) is 5.06. The van der Waals surface area contributed by atoms with Gasteiger partial charge < -0.3 is 15.4 Å². The van der Waals surface area contributed by atoms with E-state index in [0.29, 0.717) is 12.5 Å². The molecule has 2 aliphatic heterocycles. The summed E-state index contributed by atoms with van der Waals surface area (Å²) < 4.78 is 5.45. The molecule has 2 aliphatic rings. The third-order valence-electron chi connectivity index (χ3n) is 3.84. The fraction of sp³-hybridized carbons (Fsp3) is 0.500. The Kier molecular flexibility index (Phi) is 2.96. The van der Waals surface area contributed by atoms with Crippen LogP contribution in [0.2, 0.25) is 0 Å². The van der Waals surface area contributed by atoms with Crippen LogP contribution in [0.15, 0.2) is 18.2 Å². The zero-order valence-electron chi connectivity index (χ0n) is 10.4. The van der Waals surface area contributed by atoms with Crippen LogP contribution in [0.5, 0.6) is 5.75 Å². The quantitative estimate of drug-likeness (QED) is 0.848. The molecule has 3 rings (SSSR count). The van der Waals surface area contributed by atoms with Crippen LogP contribution in [-0.4, -0.2) is 37.0 Å². The first kappa shape index (κ1) is 11.5. The van der Waals surface area contributed by atoms with Crippen molar-refractivity contribution < 1.29 is 9.53 Å². The zero-order valence-corrected chi connectivity index (χ0v) is 10.4. The molecule has 0 saturated carbocycles. The summed E-state index contributed by atoms with van der Waals surface area (Å²) in [4.78, 5) is 14.3. The predicted molar refractivity (Wildman–Crippen MR) is 68.7 cm³/mol. The molecule has 1 aromatic carbocycles. The van der Waals surface area contributed by atoms with Crippen molar-refractivity contribution in [3.05, 3.63) is 29.3 Å². The van der Waals surface area contributed by atoms with Gasteiger partial charge in [-0.3, -0.25) is 4.79 Å². The van der Waals surface area contributed by atoms with Crippen molar-refractivity contribution in [3.63, 3.8) is 0 Å². The van der Waals surface area contributed by atoms with E-state index in [1.807, 2.05) is 23.1 Å². The third kappa shape index (κ3) is 1.97. The number of ether oxygens (including phenoxy) is 1. The highest BCUT2D eigenvalue weighted by atomic mass is 16.5. The van der Waals surface area contributed by atoms with Gasteiger partial charge in [0.1, 0.15) is 5.75 Å². The average Bonchev–Trinajstić information content (AvgIpc) is 3.05. The molecule has 0 aliphatic carbocycles. The summed E-state index contributed by atoms with van der Waals surface area (Å²) in [6.07, 6.45) is 1.93. The Morgan fingerprint density at radius 3 is 3.17 bits per heavy atom. The van der Waals surface area contributed by atoms with E-state index in [2.05, 4.69) is 0 Å². The molecule has 1 atom stereocenters. The summed E-state index contributed by atoms with van der Waals surface area (Å²) in [5.41, 5.74) is 7.58. The topological polar surface area (TPSA) is 55.6 Å². The van der Waals surface area contributed by atoms with Crippen molar-refractivity contribution in [1.82, 2.24) is 4.90 Å². The molecule has 0 spiro atoms. The number of hydrogen-bond donors (Lipinski definition) is 1. The number of hydrogen-bond acceptors (Lipinski definition) is 3. The van der Waals surface area contributed by atoms with Gasteiger partial charge in [0, 0.05) is 25.1 Å². The lowest BCUT2D eigenvalue weighted by Gasteiger charge is -2.16. The first-order chi connectivity index (χ1) is 8.78. The normalized spacial score (nSPS) is 21.8. The summed E-state index contributed by atoms with van der Waals surface area (Å²) in [5.74, 6) is 1.51. The van der Waals surface area contributed by atoms with Crippen LogP contribution in [0.1, 0.15) is 22.3 Å². The summed E-state index contributed by atoms with van der Waals surface area (Å²) in [6, 6.07) is 5.74. The van der Waals surface area contributed by atoms with Crippen molar-refractivity contribution >= 4 is 5.91 Å². The number of likely N-dealkylation sites (tertiary alicyclic amines) is 1. The van der Waals surface area contributed by atoms with Gasteiger partial charge in [0.2, 0.25) is 0 Å². The van der Waals surface area contributed by atoms with E-state index in [1.54, 1.807) is 0 Å². The molecule has 1 saturated heterocycles. The maximum absolute atomic E-state index is 12.4. The monoisotopic (exact) mass is 246 g/mol. The number of carbonyl (C=O) groups is 1. The van der Waals surface area contributed by atoms with Gasteiger partial charge in [0.05, 0.1) is 6.61 Å². The lowest BCUT2D eigenvalue weighted by molar-refractivity contribution is 0.0787. The van der Waals surface area contributed by atoms with E-state index < -0.39 is 0 Å². The molecule has 2 N–H and O–H groups in total. The van der Waals surface area contributed by atoms with E-state index in [0.717, 1.165) is 49.4 Å². The average molecular weight is 246 g/mol. The molecule has 18 heavy (non-hydrogen) atoms. The number of fused-ring (bicyclic) bond motifs is 1. The van der Waals surface area contributed by atoms with Gasteiger partial charge in [-0.2, -0.15) is 0 Å². The zero-order chi connectivity index (χ0) is 12.5. The fourth-order valence-electron chi connectivity index (χ4n) is 2.71. The highest BCUT2D eigenvalue weighted by Gasteiger charge is 2.26. The Morgan fingerprint density at radius 1 is 1.50 bits per heavy atom. The van der Waals surface area contributed by atoms with Gasteiger partial charge in [0.25, 0.3) is 5.91 Å². The van der Waals surface area contributed by atoms with Crippen LogP contribution in [0.3, 0.4) is 0 Å². The van der Waals surface area contributed by atoms with Crippen LogP contribution in [0.4, 0.5) is 0 Å². The molecule has 0 radical (unpaired) electrons. The van der Waals surface area contributed by atoms with Gasteiger partial charge in [0.15, 0.2) is 0 Å². The minimum atomic E-state index is 0.126. The van der Waals surface area contributed by atoms with Crippen LogP contribution >= 0.6 is 0 Å². The highest BCUT2D eigenvalue weighted by molar-refractivity contribution is 5.94. The molecule has 0 bridgehead atoms. The van der Waals surface area contributed by atoms with E-state index in [1.165, 1.54) is 0 Å². The molecule has 0 aromatic heterocycles. The van der Waals surface area contributed by atoms with Crippen molar-refractivity contribution in [3.8, 4) is 5.75 Å². The molecule has 1 aromatic rings. The molecule has 1 fully saturated rings. The number of amides is 1. The first-order valence-electron chi connectivity index (χ1n) is 6.53. The van der Waals surface area contributed by atoms with Crippen LogP contribution in [0, 0.1) is 5.92 Å². The molecule has 2 heterocycles. The van der Waals surface area contributed by atoms with Gasteiger partial charge in [-0.05, 0) is 42.6 Å². The molecule has 1 amide bonds. The third-order valence-corrected chi connectivity index (χ3v) is 3.84. The Balaban J connectivity index is 1.77. The minimum absolute atomic E-state index is 0.126. The Labute approximate surface area is 107 Å². The van der Waals surface area contributed by atoms with Crippen molar-refractivity contribution in [2.24, 2.45) is 11.7 Å². The SMILES string of the molecule is NCC1CCN(C(=O)c2ccc3c(c2)CCO3)C1. The van der Waals surface area contributed by atoms with Crippen LogP contribution < -0.4 is 10.5 Å². The first-order valence-corrected chi connectivity index (χ1v) is 6.53. The molecule has 1 unspecified atom stereocenters. The standard InChI is InChI=1S/C14H18N2O2/c15-8-10-3-5-16(9-10)14(17)12-1-2-13-11(7-12)4-6-18-13/h1-2,7,10H,3-6,8-9,15H2. The summed E-state index contributed by atoms with van der Waals surface area (Å²) in [7, 11) is 0. The minimum Gasteiger partial charge on any atom is -0.493 e. The Morgan fingerprint density at radius 2 is 2.39 bits per heavy atom. The smallest absolute Gasteiger partial charge is 0.253 e. The van der Waals surface area contributed by atoms with Crippen molar-refractivity contribution in [2.45, 2.75) is 12.8 Å². The largest absolute Gasteiger partial charge is 0.493 e. The molecular formula is C14H18N2O2. The maximum Gasteiger partial charge on any atom is 0.253 e. The van der Waals surface area contributed by atoms with Gasteiger partial charge in [-0.25, -0.2) is 0 Å². The van der Waals surface area contributed by atoms with Crippen LogP contribution in [0.25, 0.3) is 0 Å². The fourth-order valence-corrected chi connectivity index (χ4v) is 2.71. The van der Waals surface area contributed by atoms with Gasteiger partial charge in [-0.1, -0.05) is 0 Å². The molecule has 4 nitrogen and oxygen atoms in total. The maximum atomic E-state index is 12.4. The molecule has 4 heteroatoms. The number of nitrogens with two attached hydrogens (primary N) is 1. The van der Waals surface area contributed by atoms with Crippen LogP contribution in [-0.2, 0) is 6.42 Å². The number of benzene rings is 1. The lowest BCUT2D eigenvalue weighted by Crippen LogP contribution is -2.29. The van der Waals surface area contributed by atoms with E-state index in [9.17, 15) is 4.79 Å². The van der Waals surface area contributed by atoms with Crippen molar-refractivity contribution in [2.75, 3.05) is 26.2 Å². The van der Waals surface area contributed by atoms with E-state index in [-0.39, 0.29) is 5.91 Å². The Bertz CT molecular complexity index is 473. The summed E-state index contributed by atoms with van der Waals surface area (Å²) in [5, 5.41) is 0. The molecular weight excluding hydrogens is 228 g/mol. The summed E-state index contributed by atoms with van der Waals surface area (Å²) in [6.45, 7) is 3.02.